The van der Waals surface area contributed by atoms with Crippen LogP contribution in [-0.4, -0.2) is 43.6 Å². The van der Waals surface area contributed by atoms with E-state index in [1.807, 2.05) is 0 Å². The number of methoxy groups -OCH3 is 1. The lowest BCUT2D eigenvalue weighted by atomic mass is 10.3. The van der Waals surface area contributed by atoms with Gasteiger partial charge in [-0.2, -0.15) is 0 Å². The highest BCUT2D eigenvalue weighted by Gasteiger charge is 2.15. The Hall–Kier alpha value is -1.63. The molecule has 0 aromatic heterocycles. The summed E-state index contributed by atoms with van der Waals surface area (Å²) in [4.78, 5) is 24.5. The lowest BCUT2D eigenvalue weighted by Crippen LogP contribution is -2.36. The van der Waals surface area contributed by atoms with Crippen LogP contribution in [0.1, 0.15) is 13.3 Å². The van der Waals surface area contributed by atoms with Crippen LogP contribution < -0.4 is 4.74 Å². The van der Waals surface area contributed by atoms with E-state index in [0.29, 0.717) is 11.0 Å². The van der Waals surface area contributed by atoms with E-state index in [1.165, 1.54) is 24.1 Å². The first-order valence-corrected chi connectivity index (χ1v) is 7.19. The summed E-state index contributed by atoms with van der Waals surface area (Å²) in [5.41, 5.74) is 0. The minimum Gasteiger partial charge on any atom is -0.481 e. The van der Waals surface area contributed by atoms with Crippen LogP contribution in [0.15, 0.2) is 22.7 Å². The average Bonchev–Trinajstić information content (AvgIpc) is 2.46. The highest BCUT2D eigenvalue weighted by molar-refractivity contribution is 9.10. The third kappa shape index (κ3) is 5.71. The first kappa shape index (κ1) is 17.4. The highest BCUT2D eigenvalue weighted by atomic mass is 79.9. The number of ether oxygens (including phenoxy) is 2. The Labute approximate surface area is 131 Å². The zero-order chi connectivity index (χ0) is 15.8. The van der Waals surface area contributed by atoms with E-state index >= 15 is 0 Å². The molecule has 0 bridgehead atoms. The van der Waals surface area contributed by atoms with Gasteiger partial charge < -0.3 is 14.4 Å². The van der Waals surface area contributed by atoms with Gasteiger partial charge >= 0.3 is 5.97 Å². The second kappa shape index (κ2) is 8.61. The molecule has 1 aromatic rings. The lowest BCUT2D eigenvalue weighted by molar-refractivity contribution is -0.142. The molecule has 1 aromatic carbocycles. The average molecular weight is 362 g/mol. The van der Waals surface area contributed by atoms with Gasteiger partial charge in [-0.25, -0.2) is 4.39 Å². The van der Waals surface area contributed by atoms with Gasteiger partial charge in [0.25, 0.3) is 5.91 Å². The molecule has 7 heteroatoms. The molecule has 0 saturated carbocycles. The van der Waals surface area contributed by atoms with Gasteiger partial charge in [-0.1, -0.05) is 15.9 Å². The van der Waals surface area contributed by atoms with Crippen molar-refractivity contribution in [2.75, 3.05) is 26.8 Å². The summed E-state index contributed by atoms with van der Waals surface area (Å²) >= 11 is 3.14. The van der Waals surface area contributed by atoms with E-state index in [0.717, 1.165) is 0 Å². The molecule has 0 N–H and O–H groups in total. The van der Waals surface area contributed by atoms with E-state index in [-0.39, 0.29) is 37.2 Å². The van der Waals surface area contributed by atoms with Crippen molar-refractivity contribution in [3.8, 4) is 5.75 Å². The normalized spacial score (nSPS) is 10.1. The summed E-state index contributed by atoms with van der Waals surface area (Å²) < 4.78 is 23.8. The van der Waals surface area contributed by atoms with Crippen molar-refractivity contribution < 1.29 is 23.5 Å². The molecule has 0 atom stereocenters. The van der Waals surface area contributed by atoms with E-state index in [2.05, 4.69) is 20.7 Å². The zero-order valence-corrected chi connectivity index (χ0v) is 13.5. The van der Waals surface area contributed by atoms with Gasteiger partial charge in [0, 0.05) is 17.6 Å². The van der Waals surface area contributed by atoms with Crippen LogP contribution in [0, 0.1) is 5.82 Å². The lowest BCUT2D eigenvalue weighted by Gasteiger charge is -2.20. The fourth-order valence-corrected chi connectivity index (χ4v) is 1.94. The number of carbonyl (C=O) groups is 2. The molecule has 0 aliphatic rings. The fraction of sp³-hybridized carbons (Fsp3) is 0.429. The van der Waals surface area contributed by atoms with Crippen LogP contribution in [0.5, 0.6) is 5.75 Å². The van der Waals surface area contributed by atoms with Crippen LogP contribution in [0.4, 0.5) is 4.39 Å². The van der Waals surface area contributed by atoms with Gasteiger partial charge in [0.2, 0.25) is 0 Å². The van der Waals surface area contributed by atoms with Gasteiger partial charge in [0.15, 0.2) is 18.2 Å². The molecule has 21 heavy (non-hydrogen) atoms. The molecule has 1 amide bonds. The van der Waals surface area contributed by atoms with Crippen molar-refractivity contribution in [1.29, 1.82) is 0 Å². The van der Waals surface area contributed by atoms with Crippen LogP contribution in [0.2, 0.25) is 0 Å². The highest BCUT2D eigenvalue weighted by Crippen LogP contribution is 2.21. The second-order valence-corrected chi connectivity index (χ2v) is 5.08. The molecule has 116 valence electrons. The first-order chi connectivity index (χ1) is 9.97. The second-order valence-electron chi connectivity index (χ2n) is 4.16. The number of benzene rings is 1. The summed E-state index contributed by atoms with van der Waals surface area (Å²) in [5, 5.41) is 0. The maximum Gasteiger partial charge on any atom is 0.307 e. The Bertz CT molecular complexity index is 510. The molecule has 0 unspecified atom stereocenters. The van der Waals surface area contributed by atoms with E-state index in [1.54, 1.807) is 13.0 Å². The largest absolute Gasteiger partial charge is 0.481 e. The number of esters is 1. The first-order valence-electron chi connectivity index (χ1n) is 6.40. The number of amides is 1. The number of rotatable bonds is 7. The summed E-state index contributed by atoms with van der Waals surface area (Å²) in [6.07, 6.45) is 0.114. The summed E-state index contributed by atoms with van der Waals surface area (Å²) in [7, 11) is 1.29. The molecule has 0 aliphatic carbocycles. The smallest absolute Gasteiger partial charge is 0.307 e. The number of carbonyl (C=O) groups excluding carboxylic acids is 2. The van der Waals surface area contributed by atoms with Gasteiger partial charge in [-0.05, 0) is 25.1 Å². The van der Waals surface area contributed by atoms with Gasteiger partial charge in [-0.15, -0.1) is 0 Å². The van der Waals surface area contributed by atoms with Crippen molar-refractivity contribution in [3.05, 3.63) is 28.5 Å². The Balaban J connectivity index is 2.52. The third-order valence-electron chi connectivity index (χ3n) is 2.79. The Morgan fingerprint density at radius 3 is 2.67 bits per heavy atom. The molecule has 0 saturated heterocycles. The molecule has 0 heterocycles. The SMILES string of the molecule is CCN(CCC(=O)OC)C(=O)COc1ccc(Br)cc1F. The summed E-state index contributed by atoms with van der Waals surface area (Å²) in [6, 6.07) is 4.32. The van der Waals surface area contributed by atoms with Crippen LogP contribution in [-0.2, 0) is 14.3 Å². The minimum atomic E-state index is -0.546. The maximum atomic E-state index is 13.5. The molecule has 0 fully saturated rings. The number of hydrogen-bond acceptors (Lipinski definition) is 4. The van der Waals surface area contributed by atoms with Crippen molar-refractivity contribution in [2.45, 2.75) is 13.3 Å². The number of nitrogens with zero attached hydrogens (tertiary/aromatic N) is 1. The molecule has 0 radical (unpaired) electrons. The Kier molecular flexibility index (Phi) is 7.14. The van der Waals surface area contributed by atoms with Gasteiger partial charge in [-0.3, -0.25) is 9.59 Å². The van der Waals surface area contributed by atoms with Crippen LogP contribution >= 0.6 is 15.9 Å². The molecule has 0 aliphatic heterocycles. The third-order valence-corrected chi connectivity index (χ3v) is 3.29. The maximum absolute atomic E-state index is 13.5. The quantitative estimate of drug-likeness (QED) is 0.699. The van der Waals surface area contributed by atoms with Crippen molar-refractivity contribution in [1.82, 2.24) is 4.90 Å². The standard InChI is InChI=1S/C14H17BrFNO4/c1-3-17(7-6-14(19)20-2)13(18)9-21-12-5-4-10(15)8-11(12)16/h4-5,8H,3,6-7,9H2,1-2H3. The Morgan fingerprint density at radius 1 is 1.38 bits per heavy atom. The number of halogens is 2. The van der Waals surface area contributed by atoms with Crippen molar-refractivity contribution >= 4 is 27.8 Å². The van der Waals surface area contributed by atoms with Crippen LogP contribution in [0.25, 0.3) is 0 Å². The minimum absolute atomic E-state index is 0.00979. The van der Waals surface area contributed by atoms with Crippen LogP contribution in [0.3, 0.4) is 0 Å². The fourth-order valence-electron chi connectivity index (χ4n) is 1.61. The predicted molar refractivity (Wildman–Crippen MR) is 78.5 cm³/mol. The zero-order valence-electron chi connectivity index (χ0n) is 11.9. The van der Waals surface area contributed by atoms with E-state index in [4.69, 9.17) is 4.74 Å². The van der Waals surface area contributed by atoms with E-state index < -0.39 is 5.82 Å². The summed E-state index contributed by atoms with van der Waals surface area (Å²) in [6.45, 7) is 2.18. The van der Waals surface area contributed by atoms with Crippen molar-refractivity contribution in [2.24, 2.45) is 0 Å². The molecule has 1 rings (SSSR count). The topological polar surface area (TPSA) is 55.8 Å². The van der Waals surface area contributed by atoms with E-state index in [9.17, 15) is 14.0 Å². The van der Waals surface area contributed by atoms with Gasteiger partial charge in [0.1, 0.15) is 0 Å². The van der Waals surface area contributed by atoms with Gasteiger partial charge in [0.05, 0.1) is 13.5 Å². The molecular weight excluding hydrogens is 345 g/mol. The molecule has 5 nitrogen and oxygen atoms in total. The Morgan fingerprint density at radius 2 is 2.10 bits per heavy atom. The molecular formula is C14H17BrFNO4. The van der Waals surface area contributed by atoms with Crippen molar-refractivity contribution in [3.63, 3.8) is 0 Å². The number of likely N-dealkylation sites (N-methyl/N-ethyl adjacent to an activating group) is 1. The number of hydrogen-bond donors (Lipinski definition) is 0. The summed E-state index contributed by atoms with van der Waals surface area (Å²) in [5.74, 6) is -1.24. The predicted octanol–water partition coefficient (Wildman–Crippen LogP) is 2.38. The molecule has 0 spiro atoms. The monoisotopic (exact) mass is 361 g/mol.